The molecule has 0 atom stereocenters. The van der Waals surface area contributed by atoms with Crippen molar-refractivity contribution in [3.63, 3.8) is 0 Å². The Morgan fingerprint density at radius 2 is 2.00 bits per heavy atom. The highest BCUT2D eigenvalue weighted by Crippen LogP contribution is 2.18. The molecular weight excluding hydrogens is 212 g/mol. The zero-order valence-corrected chi connectivity index (χ0v) is 9.74. The van der Waals surface area contributed by atoms with Crippen LogP contribution in [0.2, 0.25) is 0 Å². The largest absolute Gasteiger partial charge is 0.321 e. The number of aromatic nitrogens is 1. The molecule has 0 amide bonds. The fourth-order valence-corrected chi connectivity index (χ4v) is 1.80. The Kier molecular flexibility index (Phi) is 2.80. The van der Waals surface area contributed by atoms with E-state index in [0.717, 1.165) is 16.8 Å². The van der Waals surface area contributed by atoms with E-state index in [1.807, 2.05) is 43.3 Å². The lowest BCUT2D eigenvalue weighted by atomic mass is 10.1. The molecule has 0 aliphatic carbocycles. The summed E-state index contributed by atoms with van der Waals surface area (Å²) in [7, 11) is 0. The van der Waals surface area contributed by atoms with Crippen LogP contribution < -0.4 is 5.56 Å². The number of hydrogen-bond donors (Lipinski definition) is 1. The average Bonchev–Trinajstić information content (AvgIpc) is 2.28. The molecule has 1 aromatic heterocycles. The highest BCUT2D eigenvalue weighted by molar-refractivity contribution is 5.61. The number of hydrogen-bond acceptors (Lipinski definition) is 2. The average molecular weight is 224 g/mol. The number of benzene rings is 1. The second-order valence-electron chi connectivity index (χ2n) is 4.05. The summed E-state index contributed by atoms with van der Waals surface area (Å²) in [4.78, 5) is 14.4. The standard InChI is InChI=1S/C14H12N2O/c1-9-4-3-5-11(6-9)13-7-10(2)12(8-15)14(17)16-13/h3-7H,1-2H3,(H,16,17). The summed E-state index contributed by atoms with van der Waals surface area (Å²) in [5.41, 5.74) is 3.38. The normalized spacial score (nSPS) is 9.94. The van der Waals surface area contributed by atoms with E-state index >= 15 is 0 Å². The zero-order chi connectivity index (χ0) is 12.4. The van der Waals surface area contributed by atoms with Crippen LogP contribution in [0, 0.1) is 25.2 Å². The van der Waals surface area contributed by atoms with Crippen LogP contribution in [-0.4, -0.2) is 4.98 Å². The third kappa shape index (κ3) is 2.11. The van der Waals surface area contributed by atoms with Crippen LogP contribution in [0.3, 0.4) is 0 Å². The predicted octanol–water partition coefficient (Wildman–Crippen LogP) is 2.53. The molecule has 0 unspecified atom stereocenters. The van der Waals surface area contributed by atoms with E-state index in [-0.39, 0.29) is 11.1 Å². The third-order valence-corrected chi connectivity index (χ3v) is 2.67. The first kappa shape index (κ1) is 11.2. The number of nitriles is 1. The Morgan fingerprint density at radius 3 is 2.59 bits per heavy atom. The van der Waals surface area contributed by atoms with Crippen LogP contribution in [0.15, 0.2) is 35.1 Å². The van der Waals surface area contributed by atoms with E-state index in [9.17, 15) is 4.79 Å². The number of aryl methyl sites for hydroxylation is 2. The maximum atomic E-state index is 11.7. The minimum atomic E-state index is -0.330. The lowest BCUT2D eigenvalue weighted by molar-refractivity contribution is 1.18. The molecule has 1 heterocycles. The van der Waals surface area contributed by atoms with Crippen LogP contribution in [0.1, 0.15) is 16.7 Å². The van der Waals surface area contributed by atoms with Crippen molar-refractivity contribution in [2.75, 3.05) is 0 Å². The minimum Gasteiger partial charge on any atom is -0.321 e. The van der Waals surface area contributed by atoms with Gasteiger partial charge in [-0.3, -0.25) is 4.79 Å². The Bertz CT molecular complexity index is 663. The minimum absolute atomic E-state index is 0.182. The van der Waals surface area contributed by atoms with Crippen molar-refractivity contribution in [2.45, 2.75) is 13.8 Å². The maximum absolute atomic E-state index is 11.7. The van der Waals surface area contributed by atoms with Gasteiger partial charge in [0.15, 0.2) is 0 Å². The van der Waals surface area contributed by atoms with Gasteiger partial charge in [0.25, 0.3) is 5.56 Å². The summed E-state index contributed by atoms with van der Waals surface area (Å²) in [5.74, 6) is 0. The highest BCUT2D eigenvalue weighted by Gasteiger charge is 2.06. The van der Waals surface area contributed by atoms with Gasteiger partial charge in [-0.1, -0.05) is 23.8 Å². The lowest BCUT2D eigenvalue weighted by Gasteiger charge is -2.05. The fraction of sp³-hybridized carbons (Fsp3) is 0.143. The van der Waals surface area contributed by atoms with Gasteiger partial charge in [0.2, 0.25) is 0 Å². The van der Waals surface area contributed by atoms with Crippen LogP contribution >= 0.6 is 0 Å². The van der Waals surface area contributed by atoms with Gasteiger partial charge < -0.3 is 4.98 Å². The molecule has 0 radical (unpaired) electrons. The first-order valence-electron chi connectivity index (χ1n) is 5.33. The van der Waals surface area contributed by atoms with Crippen molar-refractivity contribution in [2.24, 2.45) is 0 Å². The molecule has 0 bridgehead atoms. The molecule has 0 fully saturated rings. The van der Waals surface area contributed by atoms with Gasteiger partial charge in [-0.05, 0) is 37.1 Å². The van der Waals surface area contributed by atoms with E-state index in [2.05, 4.69) is 4.98 Å². The summed E-state index contributed by atoms with van der Waals surface area (Å²) in [6.45, 7) is 3.77. The smallest absolute Gasteiger partial charge is 0.266 e. The number of H-pyrrole nitrogens is 1. The number of aromatic amines is 1. The van der Waals surface area contributed by atoms with Crippen molar-refractivity contribution >= 4 is 0 Å². The number of nitrogens with zero attached hydrogens (tertiary/aromatic N) is 1. The summed E-state index contributed by atoms with van der Waals surface area (Å²) < 4.78 is 0. The van der Waals surface area contributed by atoms with E-state index in [1.165, 1.54) is 0 Å². The molecular formula is C14H12N2O. The molecule has 2 aromatic rings. The Balaban J connectivity index is 2.63. The topological polar surface area (TPSA) is 56.6 Å². The molecule has 3 heteroatoms. The van der Waals surface area contributed by atoms with Gasteiger partial charge in [0, 0.05) is 5.69 Å². The van der Waals surface area contributed by atoms with E-state index in [0.29, 0.717) is 5.56 Å². The van der Waals surface area contributed by atoms with Gasteiger partial charge >= 0.3 is 0 Å². The van der Waals surface area contributed by atoms with E-state index in [4.69, 9.17) is 5.26 Å². The highest BCUT2D eigenvalue weighted by atomic mass is 16.1. The molecule has 0 saturated heterocycles. The SMILES string of the molecule is Cc1cccc(-c2cc(C)c(C#N)c(=O)[nH]2)c1. The van der Waals surface area contributed by atoms with Crippen LogP contribution in [0.25, 0.3) is 11.3 Å². The van der Waals surface area contributed by atoms with E-state index < -0.39 is 0 Å². The first-order chi connectivity index (χ1) is 8.11. The summed E-state index contributed by atoms with van der Waals surface area (Å²) >= 11 is 0. The summed E-state index contributed by atoms with van der Waals surface area (Å²) in [6, 6.07) is 11.6. The Hall–Kier alpha value is -2.34. The van der Waals surface area contributed by atoms with Gasteiger partial charge in [-0.15, -0.1) is 0 Å². The molecule has 17 heavy (non-hydrogen) atoms. The van der Waals surface area contributed by atoms with Gasteiger partial charge in [-0.2, -0.15) is 5.26 Å². The second-order valence-corrected chi connectivity index (χ2v) is 4.05. The number of pyridine rings is 1. The third-order valence-electron chi connectivity index (χ3n) is 2.67. The van der Waals surface area contributed by atoms with Gasteiger partial charge in [0.05, 0.1) is 0 Å². The lowest BCUT2D eigenvalue weighted by Crippen LogP contribution is -2.12. The maximum Gasteiger partial charge on any atom is 0.266 e. The van der Waals surface area contributed by atoms with Crippen LogP contribution in [0.4, 0.5) is 0 Å². The Labute approximate surface area is 99.4 Å². The Morgan fingerprint density at radius 1 is 1.24 bits per heavy atom. The summed E-state index contributed by atoms with van der Waals surface area (Å²) in [5, 5.41) is 8.83. The zero-order valence-electron chi connectivity index (χ0n) is 9.74. The number of rotatable bonds is 1. The monoisotopic (exact) mass is 224 g/mol. The molecule has 0 spiro atoms. The second kappa shape index (κ2) is 4.26. The van der Waals surface area contributed by atoms with Crippen molar-refractivity contribution in [3.8, 4) is 17.3 Å². The van der Waals surface area contributed by atoms with E-state index in [1.54, 1.807) is 6.92 Å². The molecule has 2 rings (SSSR count). The molecule has 1 aromatic carbocycles. The van der Waals surface area contributed by atoms with Crippen molar-refractivity contribution in [3.05, 3.63) is 57.4 Å². The number of nitrogens with one attached hydrogen (secondary N) is 1. The van der Waals surface area contributed by atoms with Crippen molar-refractivity contribution in [1.82, 2.24) is 4.98 Å². The quantitative estimate of drug-likeness (QED) is 0.809. The molecule has 1 N–H and O–H groups in total. The molecule has 84 valence electrons. The molecule has 0 saturated carbocycles. The fourth-order valence-electron chi connectivity index (χ4n) is 1.80. The van der Waals surface area contributed by atoms with Crippen LogP contribution in [-0.2, 0) is 0 Å². The predicted molar refractivity (Wildman–Crippen MR) is 66.7 cm³/mol. The van der Waals surface area contributed by atoms with Gasteiger partial charge in [0.1, 0.15) is 11.6 Å². The van der Waals surface area contributed by atoms with Gasteiger partial charge in [-0.25, -0.2) is 0 Å². The molecule has 3 nitrogen and oxygen atoms in total. The summed E-state index contributed by atoms with van der Waals surface area (Å²) in [6.07, 6.45) is 0. The molecule has 0 aliphatic heterocycles. The van der Waals surface area contributed by atoms with Crippen LogP contribution in [0.5, 0.6) is 0 Å². The van der Waals surface area contributed by atoms with Crippen molar-refractivity contribution in [1.29, 1.82) is 5.26 Å². The van der Waals surface area contributed by atoms with Crippen molar-refractivity contribution < 1.29 is 0 Å². The molecule has 0 aliphatic rings. The first-order valence-corrected chi connectivity index (χ1v) is 5.33.